The third-order valence-corrected chi connectivity index (χ3v) is 3.11. The number of nitro benzene ring substituents is 1. The molecule has 8 nitrogen and oxygen atoms in total. The largest absolute Gasteiger partial charge is 0.462 e. The minimum atomic E-state index is -1.42. The maximum atomic E-state index is 10.5. The highest BCUT2D eigenvalue weighted by Gasteiger charge is 2.43. The normalized spacial score (nSPS) is 33.7. The summed E-state index contributed by atoms with van der Waals surface area (Å²) in [6.45, 7) is 1.53. The second-order valence-electron chi connectivity index (χ2n) is 4.55. The molecule has 1 unspecified atom stereocenters. The summed E-state index contributed by atoms with van der Waals surface area (Å²) in [5, 5.41) is 39.4. The van der Waals surface area contributed by atoms with Crippen LogP contribution >= 0.6 is 0 Å². The fourth-order valence-corrected chi connectivity index (χ4v) is 1.89. The van der Waals surface area contributed by atoms with Crippen LogP contribution in [-0.4, -0.2) is 50.9 Å². The molecule has 0 saturated carbocycles. The second-order valence-corrected chi connectivity index (χ2v) is 4.55. The topological polar surface area (TPSA) is 122 Å². The van der Waals surface area contributed by atoms with Crippen molar-refractivity contribution in [1.82, 2.24) is 0 Å². The summed E-state index contributed by atoms with van der Waals surface area (Å²) in [5.74, 6) is 0.246. The third kappa shape index (κ3) is 2.88. The first-order valence-electron chi connectivity index (χ1n) is 6.01. The molecule has 1 aliphatic heterocycles. The van der Waals surface area contributed by atoms with Gasteiger partial charge in [-0.2, -0.15) is 0 Å². The molecule has 20 heavy (non-hydrogen) atoms. The van der Waals surface area contributed by atoms with E-state index in [-0.39, 0.29) is 11.4 Å². The lowest BCUT2D eigenvalue weighted by Crippen LogP contribution is -2.58. The van der Waals surface area contributed by atoms with Crippen LogP contribution in [0.2, 0.25) is 0 Å². The minimum absolute atomic E-state index is 0.0914. The van der Waals surface area contributed by atoms with E-state index in [1.165, 1.54) is 31.2 Å². The van der Waals surface area contributed by atoms with Gasteiger partial charge in [0.25, 0.3) is 5.69 Å². The Hall–Kier alpha value is -1.74. The fraction of sp³-hybridized carbons (Fsp3) is 0.500. The Kier molecular flexibility index (Phi) is 4.19. The Labute approximate surface area is 114 Å². The van der Waals surface area contributed by atoms with Crippen molar-refractivity contribution < 1.29 is 29.7 Å². The number of aliphatic hydroxyl groups is 3. The van der Waals surface area contributed by atoms with Crippen LogP contribution in [0.15, 0.2) is 24.3 Å². The highest BCUT2D eigenvalue weighted by atomic mass is 16.7. The minimum Gasteiger partial charge on any atom is -0.462 e. The zero-order valence-electron chi connectivity index (χ0n) is 10.6. The van der Waals surface area contributed by atoms with Crippen LogP contribution < -0.4 is 4.74 Å². The quantitative estimate of drug-likeness (QED) is 0.519. The van der Waals surface area contributed by atoms with Gasteiger partial charge in [0.1, 0.15) is 24.1 Å². The molecule has 1 fully saturated rings. The summed E-state index contributed by atoms with van der Waals surface area (Å²) in [6, 6.07) is 5.21. The molecular weight excluding hydrogens is 270 g/mol. The summed E-state index contributed by atoms with van der Waals surface area (Å²) >= 11 is 0. The molecule has 1 aromatic rings. The number of nitrogens with zero attached hydrogens (tertiary/aromatic N) is 1. The van der Waals surface area contributed by atoms with Crippen molar-refractivity contribution >= 4 is 5.69 Å². The van der Waals surface area contributed by atoms with Gasteiger partial charge in [-0.1, -0.05) is 0 Å². The Morgan fingerprint density at radius 2 is 1.75 bits per heavy atom. The van der Waals surface area contributed by atoms with Gasteiger partial charge in [-0.3, -0.25) is 10.1 Å². The number of non-ortho nitro benzene ring substituents is 1. The maximum absolute atomic E-state index is 10.5. The van der Waals surface area contributed by atoms with Gasteiger partial charge in [-0.05, 0) is 19.1 Å². The Bertz CT molecular complexity index is 477. The van der Waals surface area contributed by atoms with Crippen molar-refractivity contribution in [3.8, 4) is 5.75 Å². The van der Waals surface area contributed by atoms with Crippen molar-refractivity contribution in [2.75, 3.05) is 0 Å². The summed E-state index contributed by atoms with van der Waals surface area (Å²) < 4.78 is 10.6. The van der Waals surface area contributed by atoms with Crippen LogP contribution in [0.4, 0.5) is 5.69 Å². The Morgan fingerprint density at radius 1 is 1.15 bits per heavy atom. The number of hydrogen-bond acceptors (Lipinski definition) is 7. The number of aliphatic hydroxyl groups excluding tert-OH is 3. The van der Waals surface area contributed by atoms with Gasteiger partial charge in [-0.25, -0.2) is 0 Å². The van der Waals surface area contributed by atoms with Gasteiger partial charge in [0.05, 0.1) is 11.0 Å². The molecule has 1 aromatic carbocycles. The van der Waals surface area contributed by atoms with Crippen LogP contribution in [0.3, 0.4) is 0 Å². The predicted molar refractivity (Wildman–Crippen MR) is 66.1 cm³/mol. The highest BCUT2D eigenvalue weighted by Crippen LogP contribution is 2.25. The van der Waals surface area contributed by atoms with Crippen molar-refractivity contribution in [2.24, 2.45) is 0 Å². The van der Waals surface area contributed by atoms with Crippen LogP contribution in [-0.2, 0) is 4.74 Å². The molecule has 0 bridgehead atoms. The van der Waals surface area contributed by atoms with Crippen LogP contribution in [0.1, 0.15) is 6.92 Å². The van der Waals surface area contributed by atoms with E-state index >= 15 is 0 Å². The molecule has 2 rings (SSSR count). The number of benzene rings is 1. The lowest BCUT2D eigenvalue weighted by Gasteiger charge is -2.38. The molecule has 0 amide bonds. The molecule has 8 heteroatoms. The number of rotatable bonds is 3. The number of nitro groups is 1. The van der Waals surface area contributed by atoms with E-state index in [1.54, 1.807) is 0 Å². The van der Waals surface area contributed by atoms with Gasteiger partial charge >= 0.3 is 0 Å². The smallest absolute Gasteiger partial charge is 0.269 e. The van der Waals surface area contributed by atoms with Gasteiger partial charge in [0, 0.05) is 12.1 Å². The summed E-state index contributed by atoms with van der Waals surface area (Å²) in [6.07, 6.45) is -5.89. The summed E-state index contributed by atoms with van der Waals surface area (Å²) in [7, 11) is 0. The average Bonchev–Trinajstić information content (AvgIpc) is 2.43. The first-order valence-corrected chi connectivity index (χ1v) is 6.01. The van der Waals surface area contributed by atoms with E-state index in [0.29, 0.717) is 0 Å². The van der Waals surface area contributed by atoms with E-state index < -0.39 is 35.6 Å². The van der Waals surface area contributed by atoms with Gasteiger partial charge < -0.3 is 24.8 Å². The monoisotopic (exact) mass is 285 g/mol. The van der Waals surface area contributed by atoms with E-state index in [2.05, 4.69) is 0 Å². The van der Waals surface area contributed by atoms with Crippen molar-refractivity contribution in [3.05, 3.63) is 34.4 Å². The molecule has 1 heterocycles. The van der Waals surface area contributed by atoms with Gasteiger partial charge in [0.2, 0.25) is 6.29 Å². The van der Waals surface area contributed by atoms with Crippen LogP contribution in [0.5, 0.6) is 5.75 Å². The van der Waals surface area contributed by atoms with E-state index in [0.717, 1.165) is 0 Å². The number of ether oxygens (including phenoxy) is 2. The van der Waals surface area contributed by atoms with Gasteiger partial charge in [0.15, 0.2) is 0 Å². The highest BCUT2D eigenvalue weighted by molar-refractivity contribution is 5.36. The molecule has 3 N–H and O–H groups in total. The van der Waals surface area contributed by atoms with E-state index in [9.17, 15) is 25.4 Å². The molecule has 0 radical (unpaired) electrons. The SMILES string of the molecule is C[C@@H]1OC(Oc2ccc([N+](=O)[O-])cc2)[C@H](O)[C@H](O)[C@H]1O. The zero-order valence-corrected chi connectivity index (χ0v) is 10.6. The molecule has 0 spiro atoms. The van der Waals surface area contributed by atoms with E-state index in [4.69, 9.17) is 9.47 Å². The average molecular weight is 285 g/mol. The molecule has 1 aliphatic rings. The van der Waals surface area contributed by atoms with Crippen molar-refractivity contribution in [1.29, 1.82) is 0 Å². The first-order chi connectivity index (χ1) is 9.40. The Balaban J connectivity index is 2.07. The van der Waals surface area contributed by atoms with E-state index in [1.807, 2.05) is 0 Å². The molecule has 0 aliphatic carbocycles. The van der Waals surface area contributed by atoms with Crippen molar-refractivity contribution in [2.45, 2.75) is 37.6 Å². The first kappa shape index (κ1) is 14.7. The fourth-order valence-electron chi connectivity index (χ4n) is 1.89. The van der Waals surface area contributed by atoms with Crippen molar-refractivity contribution in [3.63, 3.8) is 0 Å². The molecule has 110 valence electrons. The van der Waals surface area contributed by atoms with Crippen LogP contribution in [0, 0.1) is 10.1 Å². The lowest BCUT2D eigenvalue weighted by atomic mass is 10.00. The van der Waals surface area contributed by atoms with Gasteiger partial charge in [-0.15, -0.1) is 0 Å². The molecule has 1 saturated heterocycles. The Morgan fingerprint density at radius 3 is 2.30 bits per heavy atom. The molecule has 0 aromatic heterocycles. The predicted octanol–water partition coefficient (Wildman–Crippen LogP) is -0.199. The number of hydrogen-bond donors (Lipinski definition) is 3. The third-order valence-electron chi connectivity index (χ3n) is 3.11. The summed E-state index contributed by atoms with van der Waals surface area (Å²) in [5.41, 5.74) is -0.0914. The molecular formula is C12H15NO7. The van der Waals surface area contributed by atoms with Crippen LogP contribution in [0.25, 0.3) is 0 Å². The standard InChI is InChI=1S/C12H15NO7/c1-6-9(14)10(15)11(16)12(19-6)20-8-4-2-7(3-5-8)13(17)18/h2-6,9-12,14-16H,1H3/t6-,9-,10+,11+,12?/m0/s1. The zero-order chi connectivity index (χ0) is 14.9. The summed E-state index contributed by atoms with van der Waals surface area (Å²) in [4.78, 5) is 9.97. The lowest BCUT2D eigenvalue weighted by molar-refractivity contribution is -0.384. The maximum Gasteiger partial charge on any atom is 0.269 e. The second kappa shape index (κ2) is 5.71. The molecule has 5 atom stereocenters.